The van der Waals surface area contributed by atoms with Gasteiger partial charge in [-0.25, -0.2) is 0 Å². The van der Waals surface area contributed by atoms with Crippen molar-refractivity contribution in [1.82, 2.24) is 0 Å². The van der Waals surface area contributed by atoms with E-state index in [9.17, 15) is 0 Å². The summed E-state index contributed by atoms with van der Waals surface area (Å²) in [5.74, 6) is 0. The van der Waals surface area contributed by atoms with E-state index >= 15 is 0 Å². The lowest BCUT2D eigenvalue weighted by molar-refractivity contribution is -0.132. The Morgan fingerprint density at radius 3 is 1.78 bits per heavy atom. The van der Waals surface area contributed by atoms with Gasteiger partial charge in [0, 0.05) is 26.3 Å². The minimum Gasteiger partial charge on any atom is -0.376 e. The highest BCUT2D eigenvalue weighted by Crippen LogP contribution is 2.38. The van der Waals surface area contributed by atoms with Gasteiger partial charge >= 0.3 is 0 Å². The number of para-hydroxylation sites is 1. The van der Waals surface area contributed by atoms with E-state index < -0.39 is 17.5 Å². The second-order valence-electron chi connectivity index (χ2n) is 10.4. The molecule has 0 unspecified atom stereocenters. The molecule has 3 aromatic rings. The highest BCUT2D eigenvalue weighted by Gasteiger charge is 2.52. The molecule has 0 aliphatic carbocycles. The summed E-state index contributed by atoms with van der Waals surface area (Å²) in [6.07, 6.45) is -0.357. The maximum atomic E-state index is 6.53. The molecule has 0 spiro atoms. The molecule has 0 radical (unpaired) electrons. The van der Waals surface area contributed by atoms with Gasteiger partial charge in [0.1, 0.15) is 12.2 Å². The van der Waals surface area contributed by atoms with E-state index in [-0.39, 0.29) is 18.2 Å². The number of benzene rings is 3. The first-order valence-corrected chi connectivity index (χ1v) is 12.6. The molecule has 3 aromatic carbocycles. The Balaban J connectivity index is 1.65. The molecule has 0 aromatic heterocycles. The lowest BCUT2D eigenvalue weighted by Gasteiger charge is -2.38. The van der Waals surface area contributed by atoms with Crippen molar-refractivity contribution in [3.05, 3.63) is 102 Å². The van der Waals surface area contributed by atoms with Crippen molar-refractivity contribution in [3.63, 3.8) is 0 Å². The molecular formula is C31H39NO4. The number of hydrogen-bond donors (Lipinski definition) is 1. The average molecular weight is 490 g/mol. The summed E-state index contributed by atoms with van der Waals surface area (Å²) in [4.78, 5) is 0. The molecule has 1 heterocycles. The second kappa shape index (κ2) is 11.1. The third-order valence-electron chi connectivity index (χ3n) is 7.26. The molecule has 0 amide bonds. The van der Waals surface area contributed by atoms with E-state index in [4.69, 9.17) is 18.9 Å². The molecule has 0 saturated carbocycles. The number of nitrogens with one attached hydrogen (secondary N) is 1. The number of ether oxygens (including phenoxy) is 4. The number of rotatable bonds is 10. The van der Waals surface area contributed by atoms with Crippen LogP contribution in [0.15, 0.2) is 84.9 Å². The maximum Gasteiger partial charge on any atom is 0.162 e. The predicted octanol–water partition coefficient (Wildman–Crippen LogP) is 6.39. The zero-order chi connectivity index (χ0) is 25.8. The molecule has 1 N–H and O–H groups in total. The molecule has 192 valence electrons. The summed E-state index contributed by atoms with van der Waals surface area (Å²) in [6.45, 7) is 8.13. The van der Waals surface area contributed by atoms with Crippen molar-refractivity contribution >= 4 is 5.69 Å². The van der Waals surface area contributed by atoms with Gasteiger partial charge in [-0.05, 0) is 56.5 Å². The van der Waals surface area contributed by atoms with Crippen LogP contribution in [0.3, 0.4) is 0 Å². The summed E-state index contributed by atoms with van der Waals surface area (Å²) in [7, 11) is 3.42. The minimum atomic E-state index is -0.532. The van der Waals surface area contributed by atoms with E-state index in [1.807, 2.05) is 52.0 Å². The number of hydrogen-bond acceptors (Lipinski definition) is 5. The summed E-state index contributed by atoms with van der Waals surface area (Å²) < 4.78 is 24.7. The summed E-state index contributed by atoms with van der Waals surface area (Å²) in [6, 6.07) is 29.3. The molecule has 1 aliphatic rings. The van der Waals surface area contributed by atoms with E-state index in [1.165, 1.54) is 16.7 Å². The average Bonchev–Trinajstić information content (AvgIpc) is 3.35. The van der Waals surface area contributed by atoms with Crippen LogP contribution in [0.2, 0.25) is 0 Å². The molecule has 0 bridgehead atoms. The predicted molar refractivity (Wildman–Crippen MR) is 144 cm³/mol. The van der Waals surface area contributed by atoms with Gasteiger partial charge in [0.15, 0.2) is 6.29 Å². The second-order valence-corrected chi connectivity index (χ2v) is 10.4. The fraction of sp³-hybridized carbons (Fsp3) is 0.419. The first-order chi connectivity index (χ1) is 17.2. The molecule has 1 aliphatic heterocycles. The van der Waals surface area contributed by atoms with E-state index in [1.54, 1.807) is 14.2 Å². The monoisotopic (exact) mass is 489 g/mol. The van der Waals surface area contributed by atoms with Gasteiger partial charge in [0.05, 0.1) is 17.2 Å². The standard InChI is InChI=1S/C31H39NO4/c1-30(2,33-5)28-29(31(3,4)34-6)36-26(35-28)21-23-17-13-14-20-25(23)27(22-15-9-7-10-16-22)32-24-18-11-8-12-19-24/h7-20,26-29,32H,21H2,1-6H3/t27-,28-,29-/m1/s1. The van der Waals surface area contributed by atoms with Crippen LogP contribution in [0.25, 0.3) is 0 Å². The summed E-state index contributed by atoms with van der Waals surface area (Å²) in [5.41, 5.74) is 3.56. The van der Waals surface area contributed by atoms with Crippen molar-refractivity contribution in [2.45, 2.75) is 69.9 Å². The van der Waals surface area contributed by atoms with Crippen LogP contribution in [0.4, 0.5) is 5.69 Å². The Morgan fingerprint density at radius 1 is 0.722 bits per heavy atom. The quantitative estimate of drug-likeness (QED) is 0.358. The fourth-order valence-corrected chi connectivity index (χ4v) is 4.76. The Morgan fingerprint density at radius 2 is 1.22 bits per heavy atom. The normalized spacial score (nSPS) is 19.8. The van der Waals surface area contributed by atoms with Crippen LogP contribution in [0.5, 0.6) is 0 Å². The topological polar surface area (TPSA) is 49.0 Å². The minimum absolute atomic E-state index is 0.0244. The smallest absolute Gasteiger partial charge is 0.162 e. The van der Waals surface area contributed by atoms with Crippen LogP contribution in [-0.4, -0.2) is 43.9 Å². The molecule has 36 heavy (non-hydrogen) atoms. The lowest BCUT2D eigenvalue weighted by atomic mass is 9.87. The maximum absolute atomic E-state index is 6.53. The summed E-state index contributed by atoms with van der Waals surface area (Å²) >= 11 is 0. The molecule has 4 rings (SSSR count). The van der Waals surface area contributed by atoms with Crippen molar-refractivity contribution < 1.29 is 18.9 Å². The van der Waals surface area contributed by atoms with Gasteiger partial charge in [-0.15, -0.1) is 0 Å². The van der Waals surface area contributed by atoms with Gasteiger partial charge in [-0.2, -0.15) is 0 Å². The van der Waals surface area contributed by atoms with Gasteiger partial charge in [0.25, 0.3) is 0 Å². The first-order valence-electron chi connectivity index (χ1n) is 12.6. The van der Waals surface area contributed by atoms with Crippen molar-refractivity contribution in [1.29, 1.82) is 0 Å². The van der Waals surface area contributed by atoms with Gasteiger partial charge in [0.2, 0.25) is 0 Å². The highest BCUT2D eigenvalue weighted by molar-refractivity contribution is 5.50. The Bertz CT molecular complexity index is 1080. The number of methoxy groups -OCH3 is 2. The van der Waals surface area contributed by atoms with E-state index in [0.29, 0.717) is 6.42 Å². The lowest BCUT2D eigenvalue weighted by Crippen LogP contribution is -2.53. The third-order valence-corrected chi connectivity index (χ3v) is 7.26. The fourth-order valence-electron chi connectivity index (χ4n) is 4.76. The first kappa shape index (κ1) is 26.4. The van der Waals surface area contributed by atoms with Crippen LogP contribution < -0.4 is 5.32 Å². The van der Waals surface area contributed by atoms with Crippen molar-refractivity contribution in [3.8, 4) is 0 Å². The third kappa shape index (κ3) is 5.81. The Hall–Kier alpha value is -2.70. The van der Waals surface area contributed by atoms with Crippen LogP contribution in [-0.2, 0) is 25.4 Å². The molecule has 1 saturated heterocycles. The highest BCUT2D eigenvalue weighted by atomic mass is 16.7. The zero-order valence-corrected chi connectivity index (χ0v) is 22.2. The van der Waals surface area contributed by atoms with Crippen LogP contribution in [0.1, 0.15) is 50.4 Å². The van der Waals surface area contributed by atoms with Gasteiger partial charge in [-0.1, -0.05) is 72.8 Å². The van der Waals surface area contributed by atoms with Gasteiger partial charge < -0.3 is 24.3 Å². The largest absolute Gasteiger partial charge is 0.376 e. The molecule has 1 fully saturated rings. The zero-order valence-electron chi connectivity index (χ0n) is 22.2. The van der Waals surface area contributed by atoms with Crippen molar-refractivity contribution in [2.24, 2.45) is 0 Å². The SMILES string of the molecule is COC(C)(C)[C@@H]1OC(Cc2ccccc2[C@H](Nc2ccccc2)c2ccccc2)O[C@H]1C(C)(C)OC. The Kier molecular flexibility index (Phi) is 8.16. The Labute approximate surface area is 215 Å². The van der Waals surface area contributed by atoms with Crippen LogP contribution in [0, 0.1) is 0 Å². The molecule has 3 atom stereocenters. The summed E-state index contributed by atoms with van der Waals surface area (Å²) in [5, 5.41) is 3.74. The molecular weight excluding hydrogens is 450 g/mol. The van der Waals surface area contributed by atoms with Crippen LogP contribution >= 0.6 is 0 Å². The van der Waals surface area contributed by atoms with E-state index in [2.05, 4.69) is 66.0 Å². The van der Waals surface area contributed by atoms with E-state index in [0.717, 1.165) is 5.69 Å². The molecule has 5 heteroatoms. The molecule has 5 nitrogen and oxygen atoms in total. The van der Waals surface area contributed by atoms with Gasteiger partial charge in [-0.3, -0.25) is 0 Å². The van der Waals surface area contributed by atoms with Crippen molar-refractivity contribution in [2.75, 3.05) is 19.5 Å². The number of anilines is 1.